The SMILES string of the molecule is CCOCCC(O)C(CN)c1ccccc1F. The summed E-state index contributed by atoms with van der Waals surface area (Å²) < 4.78 is 18.7. The minimum atomic E-state index is -0.677. The zero-order valence-corrected chi connectivity index (χ0v) is 10.1. The predicted molar refractivity (Wildman–Crippen MR) is 65.3 cm³/mol. The Kier molecular flexibility index (Phi) is 6.11. The Morgan fingerprint density at radius 2 is 2.12 bits per heavy atom. The molecular formula is C13H20FNO2. The van der Waals surface area contributed by atoms with E-state index >= 15 is 0 Å². The van der Waals surface area contributed by atoms with Crippen molar-refractivity contribution >= 4 is 0 Å². The van der Waals surface area contributed by atoms with Crippen LogP contribution in [0.15, 0.2) is 24.3 Å². The number of hydrogen-bond acceptors (Lipinski definition) is 3. The molecule has 0 amide bonds. The van der Waals surface area contributed by atoms with Gasteiger partial charge in [0.25, 0.3) is 0 Å². The van der Waals surface area contributed by atoms with Gasteiger partial charge in [-0.1, -0.05) is 18.2 Å². The second kappa shape index (κ2) is 7.37. The summed E-state index contributed by atoms with van der Waals surface area (Å²) in [7, 11) is 0. The standard InChI is InChI=1S/C13H20FNO2/c1-2-17-8-7-13(16)11(9-15)10-5-3-4-6-12(10)14/h3-6,11,13,16H,2,7-9,15H2,1H3. The number of halogens is 1. The molecule has 0 aliphatic heterocycles. The minimum absolute atomic E-state index is 0.216. The van der Waals surface area contributed by atoms with E-state index in [2.05, 4.69) is 0 Å². The van der Waals surface area contributed by atoms with Crippen molar-refractivity contribution in [1.82, 2.24) is 0 Å². The maximum absolute atomic E-state index is 13.6. The third-order valence-corrected chi connectivity index (χ3v) is 2.79. The number of rotatable bonds is 7. The fourth-order valence-corrected chi connectivity index (χ4v) is 1.82. The molecule has 0 spiro atoms. The van der Waals surface area contributed by atoms with Gasteiger partial charge in [0.05, 0.1) is 6.10 Å². The van der Waals surface area contributed by atoms with Gasteiger partial charge < -0.3 is 15.6 Å². The second-order valence-electron chi connectivity index (χ2n) is 3.92. The fourth-order valence-electron chi connectivity index (χ4n) is 1.82. The number of benzene rings is 1. The third kappa shape index (κ3) is 4.07. The molecule has 0 heterocycles. The first-order valence-electron chi connectivity index (χ1n) is 5.91. The van der Waals surface area contributed by atoms with Crippen molar-refractivity contribution in [2.45, 2.75) is 25.4 Å². The van der Waals surface area contributed by atoms with Crippen LogP contribution in [0.4, 0.5) is 4.39 Å². The summed E-state index contributed by atoms with van der Waals surface area (Å²) in [6.45, 7) is 3.18. The number of aliphatic hydroxyl groups excluding tert-OH is 1. The Bertz CT molecular complexity index is 333. The Labute approximate surface area is 101 Å². The number of hydrogen-bond donors (Lipinski definition) is 2. The van der Waals surface area contributed by atoms with Gasteiger partial charge in [-0.05, 0) is 25.0 Å². The van der Waals surface area contributed by atoms with Gasteiger partial charge in [0.2, 0.25) is 0 Å². The van der Waals surface area contributed by atoms with Gasteiger partial charge in [-0.3, -0.25) is 0 Å². The first-order chi connectivity index (χ1) is 8.20. The zero-order chi connectivity index (χ0) is 12.7. The molecule has 17 heavy (non-hydrogen) atoms. The average Bonchev–Trinajstić information content (AvgIpc) is 2.33. The zero-order valence-electron chi connectivity index (χ0n) is 10.1. The molecular weight excluding hydrogens is 221 g/mol. The highest BCUT2D eigenvalue weighted by Crippen LogP contribution is 2.23. The van der Waals surface area contributed by atoms with Crippen LogP contribution in [0.2, 0.25) is 0 Å². The summed E-state index contributed by atoms with van der Waals surface area (Å²) >= 11 is 0. The Morgan fingerprint density at radius 1 is 1.41 bits per heavy atom. The highest BCUT2D eigenvalue weighted by Gasteiger charge is 2.22. The number of nitrogens with two attached hydrogens (primary N) is 1. The smallest absolute Gasteiger partial charge is 0.126 e. The quantitative estimate of drug-likeness (QED) is 0.714. The van der Waals surface area contributed by atoms with Crippen LogP contribution in [0.1, 0.15) is 24.8 Å². The molecule has 0 aromatic heterocycles. The molecule has 0 fully saturated rings. The molecule has 3 N–H and O–H groups in total. The van der Waals surface area contributed by atoms with Crippen molar-refractivity contribution in [1.29, 1.82) is 0 Å². The van der Waals surface area contributed by atoms with Crippen LogP contribution in [-0.4, -0.2) is 31.0 Å². The van der Waals surface area contributed by atoms with Crippen LogP contribution >= 0.6 is 0 Å². The molecule has 2 atom stereocenters. The second-order valence-corrected chi connectivity index (χ2v) is 3.92. The molecule has 0 bridgehead atoms. The topological polar surface area (TPSA) is 55.5 Å². The number of aliphatic hydroxyl groups is 1. The predicted octanol–water partition coefficient (Wildman–Crippen LogP) is 1.66. The maximum Gasteiger partial charge on any atom is 0.126 e. The van der Waals surface area contributed by atoms with Crippen LogP contribution in [0, 0.1) is 5.82 Å². The van der Waals surface area contributed by atoms with E-state index < -0.39 is 6.10 Å². The Morgan fingerprint density at radius 3 is 2.71 bits per heavy atom. The van der Waals surface area contributed by atoms with Gasteiger partial charge in [-0.2, -0.15) is 0 Å². The molecule has 1 rings (SSSR count). The van der Waals surface area contributed by atoms with Crippen molar-refractivity contribution in [3.8, 4) is 0 Å². The lowest BCUT2D eigenvalue weighted by atomic mass is 9.91. The van der Waals surface area contributed by atoms with Crippen molar-refractivity contribution in [2.75, 3.05) is 19.8 Å². The average molecular weight is 241 g/mol. The van der Waals surface area contributed by atoms with Gasteiger partial charge in [0, 0.05) is 25.7 Å². The van der Waals surface area contributed by atoms with Gasteiger partial charge in [0.1, 0.15) is 5.82 Å². The van der Waals surface area contributed by atoms with Crippen molar-refractivity contribution in [3.63, 3.8) is 0 Å². The van der Waals surface area contributed by atoms with Crippen molar-refractivity contribution < 1.29 is 14.2 Å². The lowest BCUT2D eigenvalue weighted by Gasteiger charge is -2.22. The first kappa shape index (κ1) is 14.1. The van der Waals surface area contributed by atoms with Crippen LogP contribution < -0.4 is 5.73 Å². The van der Waals surface area contributed by atoms with Gasteiger partial charge in [-0.15, -0.1) is 0 Å². The molecule has 96 valence electrons. The highest BCUT2D eigenvalue weighted by atomic mass is 19.1. The maximum atomic E-state index is 13.6. The van der Waals surface area contributed by atoms with E-state index in [1.807, 2.05) is 6.92 Å². The van der Waals surface area contributed by atoms with E-state index in [1.54, 1.807) is 18.2 Å². The van der Waals surface area contributed by atoms with Crippen LogP contribution in [0.25, 0.3) is 0 Å². The van der Waals surface area contributed by atoms with Crippen molar-refractivity contribution in [3.05, 3.63) is 35.6 Å². The van der Waals surface area contributed by atoms with Crippen LogP contribution in [-0.2, 0) is 4.74 Å². The van der Waals surface area contributed by atoms with E-state index in [0.29, 0.717) is 25.2 Å². The highest BCUT2D eigenvalue weighted by molar-refractivity contribution is 5.23. The Balaban J connectivity index is 2.67. The molecule has 0 radical (unpaired) electrons. The fraction of sp³-hybridized carbons (Fsp3) is 0.538. The monoisotopic (exact) mass is 241 g/mol. The third-order valence-electron chi connectivity index (χ3n) is 2.79. The van der Waals surface area contributed by atoms with E-state index in [1.165, 1.54) is 6.07 Å². The summed E-state index contributed by atoms with van der Waals surface area (Å²) in [5.74, 6) is -0.699. The van der Waals surface area contributed by atoms with E-state index in [4.69, 9.17) is 10.5 Å². The summed E-state index contributed by atoms with van der Waals surface area (Å²) in [4.78, 5) is 0. The lowest BCUT2D eigenvalue weighted by molar-refractivity contribution is 0.0745. The van der Waals surface area contributed by atoms with Gasteiger partial charge >= 0.3 is 0 Å². The van der Waals surface area contributed by atoms with Crippen LogP contribution in [0.5, 0.6) is 0 Å². The molecule has 1 aromatic carbocycles. The Hall–Kier alpha value is -0.970. The lowest BCUT2D eigenvalue weighted by Crippen LogP contribution is -2.27. The van der Waals surface area contributed by atoms with Gasteiger partial charge in [-0.25, -0.2) is 4.39 Å². The summed E-state index contributed by atoms with van der Waals surface area (Å²) in [6, 6.07) is 6.42. The summed E-state index contributed by atoms with van der Waals surface area (Å²) in [5.41, 5.74) is 6.08. The first-order valence-corrected chi connectivity index (χ1v) is 5.91. The molecule has 0 aliphatic rings. The molecule has 3 nitrogen and oxygen atoms in total. The molecule has 0 saturated heterocycles. The number of ether oxygens (including phenoxy) is 1. The molecule has 2 unspecified atom stereocenters. The molecule has 1 aromatic rings. The van der Waals surface area contributed by atoms with E-state index in [9.17, 15) is 9.50 Å². The molecule has 0 saturated carbocycles. The largest absolute Gasteiger partial charge is 0.392 e. The van der Waals surface area contributed by atoms with Gasteiger partial charge in [0.15, 0.2) is 0 Å². The summed E-state index contributed by atoms with van der Waals surface area (Å²) in [5, 5.41) is 9.99. The van der Waals surface area contributed by atoms with Crippen LogP contribution in [0.3, 0.4) is 0 Å². The minimum Gasteiger partial charge on any atom is -0.392 e. The van der Waals surface area contributed by atoms with Crippen molar-refractivity contribution in [2.24, 2.45) is 5.73 Å². The van der Waals surface area contributed by atoms with E-state index in [-0.39, 0.29) is 18.3 Å². The summed E-state index contributed by atoms with van der Waals surface area (Å²) in [6.07, 6.45) is -0.215. The molecule has 0 aliphatic carbocycles. The normalized spacial score (nSPS) is 14.6. The van der Waals surface area contributed by atoms with E-state index in [0.717, 1.165) is 0 Å². The molecule has 4 heteroatoms.